The summed E-state index contributed by atoms with van der Waals surface area (Å²) in [4.78, 5) is 48.1. The van der Waals surface area contributed by atoms with E-state index in [4.69, 9.17) is 10.2 Å². The molecule has 2 rings (SSSR count). The number of aromatic amines is 1. The van der Waals surface area contributed by atoms with E-state index in [0.29, 0.717) is 12.8 Å². The fourth-order valence-corrected chi connectivity index (χ4v) is 2.58. The number of H-pyrrole nitrogens is 1. The lowest BCUT2D eigenvalue weighted by molar-refractivity contribution is 0.0642. The summed E-state index contributed by atoms with van der Waals surface area (Å²) in [5, 5.41) is 17.9. The van der Waals surface area contributed by atoms with Crippen LogP contribution in [0.25, 0.3) is 0 Å². The topological polar surface area (TPSA) is 129 Å². The van der Waals surface area contributed by atoms with E-state index in [0.717, 1.165) is 23.8 Å². The molecule has 8 nitrogen and oxygen atoms in total. The smallest absolute Gasteiger partial charge is 0.353 e. The van der Waals surface area contributed by atoms with E-state index in [2.05, 4.69) is 0 Å². The molecule has 0 aliphatic heterocycles. The van der Waals surface area contributed by atoms with Gasteiger partial charge in [0.1, 0.15) is 5.69 Å². The summed E-state index contributed by atoms with van der Waals surface area (Å²) < 4.78 is 0.842. The fourth-order valence-electron chi connectivity index (χ4n) is 2.58. The third-order valence-electron chi connectivity index (χ3n) is 3.50. The minimum atomic E-state index is -1.66. The van der Waals surface area contributed by atoms with E-state index in [9.17, 15) is 19.2 Å². The van der Waals surface area contributed by atoms with E-state index in [1.54, 1.807) is 0 Å². The lowest BCUT2D eigenvalue weighted by Gasteiger charge is -2.23. The molecule has 0 atom stereocenters. The molecule has 1 aliphatic carbocycles. The summed E-state index contributed by atoms with van der Waals surface area (Å²) in [5.41, 5.74) is -3.70. The largest absolute Gasteiger partial charge is 0.477 e. The lowest BCUT2D eigenvalue weighted by Crippen LogP contribution is -2.43. The monoisotopic (exact) mass is 282 g/mol. The van der Waals surface area contributed by atoms with Crippen LogP contribution in [0.3, 0.4) is 0 Å². The fraction of sp³-hybridized carbons (Fsp3) is 0.500. The second kappa shape index (κ2) is 5.32. The third kappa shape index (κ3) is 2.36. The summed E-state index contributed by atoms with van der Waals surface area (Å²) >= 11 is 0. The van der Waals surface area contributed by atoms with Crippen LogP contribution in [0.1, 0.15) is 59.0 Å². The summed E-state index contributed by atoms with van der Waals surface area (Å²) in [6.07, 6.45) is 3.91. The van der Waals surface area contributed by atoms with Crippen molar-refractivity contribution in [3.8, 4) is 0 Å². The number of rotatable bonds is 3. The average Bonchev–Trinajstić information content (AvgIpc) is 2.38. The maximum absolute atomic E-state index is 12.2. The Bertz CT molecular complexity index is 666. The first kappa shape index (κ1) is 14.0. The van der Waals surface area contributed by atoms with Crippen molar-refractivity contribution in [2.24, 2.45) is 0 Å². The predicted octanol–water partition coefficient (Wildman–Crippen LogP) is 0.438. The van der Waals surface area contributed by atoms with Crippen LogP contribution >= 0.6 is 0 Å². The van der Waals surface area contributed by atoms with Crippen LogP contribution in [0, 0.1) is 0 Å². The number of aromatic nitrogens is 2. The van der Waals surface area contributed by atoms with Gasteiger partial charge in [0, 0.05) is 6.04 Å². The van der Waals surface area contributed by atoms with Gasteiger partial charge in [0.15, 0.2) is 5.56 Å². The summed E-state index contributed by atoms with van der Waals surface area (Å²) in [7, 11) is 0. The van der Waals surface area contributed by atoms with E-state index in [1.165, 1.54) is 0 Å². The molecule has 8 heteroatoms. The van der Waals surface area contributed by atoms with Crippen molar-refractivity contribution in [2.45, 2.75) is 38.1 Å². The molecule has 1 aromatic heterocycles. The molecule has 0 saturated heterocycles. The number of aromatic carboxylic acids is 2. The lowest BCUT2D eigenvalue weighted by atomic mass is 9.95. The van der Waals surface area contributed by atoms with Gasteiger partial charge < -0.3 is 15.2 Å². The van der Waals surface area contributed by atoms with Crippen molar-refractivity contribution in [2.75, 3.05) is 0 Å². The molecular weight excluding hydrogens is 268 g/mol. The van der Waals surface area contributed by atoms with E-state index >= 15 is 0 Å². The average molecular weight is 282 g/mol. The summed E-state index contributed by atoms with van der Waals surface area (Å²) in [6.45, 7) is 0. The number of hydrogen-bond acceptors (Lipinski definition) is 4. The maximum atomic E-state index is 12.2. The first-order chi connectivity index (χ1) is 9.43. The van der Waals surface area contributed by atoms with Gasteiger partial charge in [-0.3, -0.25) is 9.36 Å². The van der Waals surface area contributed by atoms with Crippen molar-refractivity contribution in [3.05, 3.63) is 32.1 Å². The maximum Gasteiger partial charge on any atom is 0.353 e. The molecule has 1 aromatic rings. The minimum Gasteiger partial charge on any atom is -0.477 e. The van der Waals surface area contributed by atoms with Gasteiger partial charge in [0.2, 0.25) is 0 Å². The van der Waals surface area contributed by atoms with Gasteiger partial charge in [-0.1, -0.05) is 19.3 Å². The molecule has 3 N–H and O–H groups in total. The summed E-state index contributed by atoms with van der Waals surface area (Å²) in [6, 6.07) is -0.374. The molecular formula is C12H14N2O6. The predicted molar refractivity (Wildman–Crippen MR) is 67.4 cm³/mol. The van der Waals surface area contributed by atoms with Crippen LogP contribution in [0.5, 0.6) is 0 Å². The van der Waals surface area contributed by atoms with Gasteiger partial charge in [0.05, 0.1) is 0 Å². The number of nitrogens with one attached hydrogen (secondary N) is 1. The normalized spacial score (nSPS) is 16.0. The van der Waals surface area contributed by atoms with Gasteiger partial charge in [-0.05, 0) is 12.8 Å². The molecule has 0 spiro atoms. The van der Waals surface area contributed by atoms with Crippen molar-refractivity contribution >= 4 is 11.9 Å². The van der Waals surface area contributed by atoms with Crippen LogP contribution in [-0.4, -0.2) is 31.7 Å². The molecule has 20 heavy (non-hydrogen) atoms. The Hall–Kier alpha value is -2.38. The van der Waals surface area contributed by atoms with E-state index < -0.39 is 34.4 Å². The molecule has 0 unspecified atom stereocenters. The second-order valence-corrected chi connectivity index (χ2v) is 4.76. The van der Waals surface area contributed by atoms with Gasteiger partial charge in [-0.15, -0.1) is 0 Å². The molecule has 1 fully saturated rings. The first-order valence-corrected chi connectivity index (χ1v) is 6.29. The molecule has 0 bridgehead atoms. The highest BCUT2D eigenvalue weighted by atomic mass is 16.4. The Balaban J connectivity index is 2.68. The molecule has 1 aliphatic rings. The quantitative estimate of drug-likeness (QED) is 0.737. The van der Waals surface area contributed by atoms with Gasteiger partial charge in [0.25, 0.3) is 5.56 Å². The Morgan fingerprint density at radius 3 is 2.15 bits per heavy atom. The van der Waals surface area contributed by atoms with Crippen molar-refractivity contribution < 1.29 is 19.8 Å². The zero-order valence-electron chi connectivity index (χ0n) is 10.6. The standard InChI is InChI=1S/C12H14N2O6/c15-9-7(10(16)17)8(11(18)19)13-12(20)14(9)6-4-2-1-3-5-6/h6H,1-5H2,(H,13,20)(H,16,17)(H,18,19). The molecule has 1 saturated carbocycles. The second-order valence-electron chi connectivity index (χ2n) is 4.76. The molecule has 0 aromatic carbocycles. The minimum absolute atomic E-state index is 0.374. The zero-order valence-corrected chi connectivity index (χ0v) is 10.6. The number of carbonyl (C=O) groups is 2. The van der Waals surface area contributed by atoms with E-state index in [1.807, 2.05) is 4.98 Å². The van der Waals surface area contributed by atoms with Crippen LogP contribution in [-0.2, 0) is 0 Å². The first-order valence-electron chi connectivity index (χ1n) is 6.29. The highest BCUT2D eigenvalue weighted by Crippen LogP contribution is 2.25. The zero-order chi connectivity index (χ0) is 14.9. The number of hydrogen-bond donors (Lipinski definition) is 3. The van der Waals surface area contributed by atoms with Gasteiger partial charge in [-0.25, -0.2) is 14.4 Å². The highest BCUT2D eigenvalue weighted by Gasteiger charge is 2.27. The Morgan fingerprint density at radius 1 is 1.05 bits per heavy atom. The van der Waals surface area contributed by atoms with Crippen molar-refractivity contribution in [1.29, 1.82) is 0 Å². The highest BCUT2D eigenvalue weighted by molar-refractivity contribution is 5.99. The van der Waals surface area contributed by atoms with Gasteiger partial charge >= 0.3 is 17.6 Å². The Kier molecular flexibility index (Phi) is 3.73. The SMILES string of the molecule is O=C(O)c1[nH]c(=O)n(C2CCCCC2)c(=O)c1C(=O)O. The van der Waals surface area contributed by atoms with Crippen LogP contribution < -0.4 is 11.2 Å². The number of carboxylic acids is 2. The van der Waals surface area contributed by atoms with E-state index in [-0.39, 0.29) is 6.04 Å². The Morgan fingerprint density at radius 2 is 1.65 bits per heavy atom. The van der Waals surface area contributed by atoms with Crippen LogP contribution in [0.2, 0.25) is 0 Å². The Labute approximate surface area is 112 Å². The number of nitrogens with zero attached hydrogens (tertiary/aromatic N) is 1. The molecule has 0 amide bonds. The molecule has 108 valence electrons. The van der Waals surface area contributed by atoms with Crippen molar-refractivity contribution in [3.63, 3.8) is 0 Å². The summed E-state index contributed by atoms with van der Waals surface area (Å²) in [5.74, 6) is -3.30. The molecule has 1 heterocycles. The molecule has 0 radical (unpaired) electrons. The van der Waals surface area contributed by atoms with Crippen molar-refractivity contribution in [1.82, 2.24) is 9.55 Å². The third-order valence-corrected chi connectivity index (χ3v) is 3.50. The van der Waals surface area contributed by atoms with Crippen LogP contribution in [0.4, 0.5) is 0 Å². The van der Waals surface area contributed by atoms with Crippen LogP contribution in [0.15, 0.2) is 9.59 Å². The van der Waals surface area contributed by atoms with Gasteiger partial charge in [-0.2, -0.15) is 0 Å². The number of carboxylic acid groups (broad SMARTS) is 2.